The number of rotatable bonds is 11. The monoisotopic (exact) mass is 804 g/mol. The normalized spacial score (nSPS) is 16.2. The molecule has 3 heterocycles. The van der Waals surface area contributed by atoms with E-state index in [1.165, 1.54) is 22.3 Å². The second-order valence-corrected chi connectivity index (χ2v) is 15.9. The van der Waals surface area contributed by atoms with E-state index in [4.69, 9.17) is 28.4 Å². The molecule has 8 heteroatoms. The molecular weight excluding hydrogens is 749 g/mol. The molecule has 0 N–H and O–H groups in total. The van der Waals surface area contributed by atoms with Crippen molar-refractivity contribution in [2.45, 2.75) is 64.3 Å². The molecule has 310 valence electrons. The lowest BCUT2D eigenvalue weighted by Gasteiger charge is -2.36. The summed E-state index contributed by atoms with van der Waals surface area (Å²) >= 11 is 0. The molecule has 0 amide bonds. The molecule has 6 aromatic carbocycles. The van der Waals surface area contributed by atoms with E-state index in [-0.39, 0.29) is 12.1 Å². The number of aryl methyl sites for hydroxylation is 1. The number of hydrogen-bond acceptors (Lipinski definition) is 8. The van der Waals surface area contributed by atoms with Gasteiger partial charge in [0.25, 0.3) is 0 Å². The molecule has 0 radical (unpaired) electrons. The van der Waals surface area contributed by atoms with Gasteiger partial charge in [-0.3, -0.25) is 9.80 Å². The third-order valence-electron chi connectivity index (χ3n) is 11.9. The molecule has 3 aliphatic rings. The van der Waals surface area contributed by atoms with Crippen LogP contribution in [0.15, 0.2) is 121 Å². The Hall–Kier alpha value is -5.96. The number of hydrogen-bond donors (Lipinski definition) is 0. The van der Waals surface area contributed by atoms with Crippen molar-refractivity contribution in [1.29, 1.82) is 0 Å². The summed E-state index contributed by atoms with van der Waals surface area (Å²) in [5.74, 6) is 5.21. The predicted molar refractivity (Wildman–Crippen MR) is 237 cm³/mol. The van der Waals surface area contributed by atoms with Crippen molar-refractivity contribution >= 4 is 0 Å². The number of likely N-dealkylation sites (N-methyl/N-ethyl adjacent to an activating group) is 2. The molecular formula is C52H56N2O6. The first-order valence-electron chi connectivity index (χ1n) is 21.0. The molecule has 0 spiro atoms. The smallest absolute Gasteiger partial charge is 0.204 e. The fraction of sp³-hybridized carbons (Fsp3) is 0.308. The van der Waals surface area contributed by atoms with E-state index in [9.17, 15) is 0 Å². The van der Waals surface area contributed by atoms with Gasteiger partial charge in [-0.05, 0) is 121 Å². The zero-order chi connectivity index (χ0) is 41.6. The number of nitrogens with zero attached hydrogens (tertiary/aromatic N) is 2. The quantitative estimate of drug-likeness (QED) is 0.128. The lowest BCUT2D eigenvalue weighted by atomic mass is 9.88. The first-order chi connectivity index (χ1) is 29.3. The van der Waals surface area contributed by atoms with Crippen molar-refractivity contribution in [2.24, 2.45) is 0 Å². The molecule has 9 rings (SSSR count). The highest BCUT2D eigenvalue weighted by molar-refractivity contribution is 5.63. The minimum atomic E-state index is -0.186. The largest absolute Gasteiger partial charge is 0.493 e. The lowest BCUT2D eigenvalue weighted by molar-refractivity contribution is 0.222. The van der Waals surface area contributed by atoms with Gasteiger partial charge in [-0.25, -0.2) is 0 Å². The molecule has 0 aliphatic carbocycles. The zero-order valence-corrected chi connectivity index (χ0v) is 35.7. The van der Waals surface area contributed by atoms with Gasteiger partial charge in [0.2, 0.25) is 5.75 Å². The highest BCUT2D eigenvalue weighted by atomic mass is 16.6. The lowest BCUT2D eigenvalue weighted by Crippen LogP contribution is -2.33. The third kappa shape index (κ3) is 8.81. The molecule has 60 heavy (non-hydrogen) atoms. The van der Waals surface area contributed by atoms with E-state index in [0.717, 1.165) is 60.2 Å². The SMILES string of the molecule is CCCc1cc(OC)c(OCc2ccccc2)c2c1[C@@H](N(C)Cc1ccccc1)Cc1ccc(OC)c(c1)Oc1ccc(cc1)C[C@H]1c3cc(c(OC)cc3CCN1C)O2. The van der Waals surface area contributed by atoms with Crippen molar-refractivity contribution in [1.82, 2.24) is 9.80 Å². The molecule has 0 saturated heterocycles. The highest BCUT2D eigenvalue weighted by Gasteiger charge is 2.33. The Balaban J connectivity index is 1.40. The van der Waals surface area contributed by atoms with Crippen LogP contribution in [0.1, 0.15) is 69.9 Å². The number of ether oxygens (including phenoxy) is 6. The van der Waals surface area contributed by atoms with Crippen LogP contribution in [0.5, 0.6) is 46.0 Å². The van der Waals surface area contributed by atoms with E-state index < -0.39 is 0 Å². The minimum Gasteiger partial charge on any atom is -0.493 e. The molecule has 3 aliphatic heterocycles. The van der Waals surface area contributed by atoms with Gasteiger partial charge in [-0.2, -0.15) is 0 Å². The molecule has 0 saturated carbocycles. The summed E-state index contributed by atoms with van der Waals surface area (Å²) in [5.41, 5.74) is 9.22. The van der Waals surface area contributed by atoms with Crippen molar-refractivity contribution in [3.63, 3.8) is 0 Å². The van der Waals surface area contributed by atoms with Gasteiger partial charge in [0, 0.05) is 30.7 Å². The maximum atomic E-state index is 7.45. The second kappa shape index (κ2) is 18.5. The van der Waals surface area contributed by atoms with Crippen molar-refractivity contribution in [2.75, 3.05) is 42.0 Å². The first kappa shape index (κ1) is 40.8. The Labute approximate surface area is 355 Å². The molecule has 0 unspecified atom stereocenters. The van der Waals surface area contributed by atoms with Crippen LogP contribution in [0, 0.1) is 0 Å². The Kier molecular flexibility index (Phi) is 12.6. The molecule has 2 atom stereocenters. The van der Waals surface area contributed by atoms with Gasteiger partial charge < -0.3 is 28.4 Å². The fourth-order valence-electron chi connectivity index (χ4n) is 8.75. The Morgan fingerprint density at radius 2 is 1.38 bits per heavy atom. The first-order valence-corrected chi connectivity index (χ1v) is 21.0. The Morgan fingerprint density at radius 3 is 2.08 bits per heavy atom. The van der Waals surface area contributed by atoms with Gasteiger partial charge in [0.05, 0.1) is 21.3 Å². The third-order valence-corrected chi connectivity index (χ3v) is 11.9. The summed E-state index contributed by atoms with van der Waals surface area (Å²) in [4.78, 5) is 4.86. The van der Waals surface area contributed by atoms with Crippen molar-refractivity contribution in [3.05, 3.63) is 166 Å². The van der Waals surface area contributed by atoms with Gasteiger partial charge >= 0.3 is 0 Å². The van der Waals surface area contributed by atoms with Crippen molar-refractivity contribution in [3.8, 4) is 46.0 Å². The maximum Gasteiger partial charge on any atom is 0.204 e. The van der Waals surface area contributed by atoms with Crippen LogP contribution in [0.2, 0.25) is 0 Å². The zero-order valence-electron chi connectivity index (χ0n) is 35.7. The minimum absolute atomic E-state index is 0.114. The highest BCUT2D eigenvalue weighted by Crippen LogP contribution is 2.51. The topological polar surface area (TPSA) is 61.9 Å². The maximum absolute atomic E-state index is 7.45. The number of methoxy groups -OCH3 is 3. The summed E-state index contributed by atoms with van der Waals surface area (Å²) in [6.45, 7) is 4.18. The molecule has 0 aromatic heterocycles. The van der Waals surface area contributed by atoms with Crippen LogP contribution in [0.4, 0.5) is 0 Å². The summed E-state index contributed by atoms with van der Waals surface area (Å²) in [5, 5.41) is 0. The summed E-state index contributed by atoms with van der Waals surface area (Å²) in [6, 6.07) is 42.0. The standard InChI is InChI=1S/C52H56N2O6/c1-7-14-40-31-49(57-6)51(58-34-37-17-12-9-13-18-37)52-50(40)44(54(3)33-36-15-10-8-11-16-36)28-38-21-24-45(55-4)47(29-38)59-41-22-19-35(20-23-41)27-43-42-32-48(60-52)46(56-5)30-39(42)25-26-53(43)2/h8-13,15-24,29-32,43-44H,7,14,25-28,33-34H2,1-6H3/t43-,44-/m0/s1. The Morgan fingerprint density at radius 1 is 0.700 bits per heavy atom. The number of fused-ring (bicyclic) bond motifs is 3. The Bertz CT molecular complexity index is 2380. The summed E-state index contributed by atoms with van der Waals surface area (Å²) < 4.78 is 39.2. The van der Waals surface area contributed by atoms with E-state index in [1.807, 2.05) is 24.3 Å². The van der Waals surface area contributed by atoms with Crippen LogP contribution in [-0.2, 0) is 38.8 Å². The van der Waals surface area contributed by atoms with Gasteiger partial charge in [0.1, 0.15) is 12.4 Å². The van der Waals surface area contributed by atoms with Crippen LogP contribution in [-0.4, -0.2) is 51.8 Å². The molecule has 0 fully saturated rings. The van der Waals surface area contributed by atoms with E-state index in [0.29, 0.717) is 59.8 Å². The van der Waals surface area contributed by atoms with Crippen LogP contribution in [0.25, 0.3) is 0 Å². The summed E-state index contributed by atoms with van der Waals surface area (Å²) in [7, 11) is 9.52. The number of benzene rings is 6. The fourth-order valence-corrected chi connectivity index (χ4v) is 8.75. The average Bonchev–Trinajstić information content (AvgIpc) is 3.27. The second-order valence-electron chi connectivity index (χ2n) is 15.9. The van der Waals surface area contributed by atoms with E-state index in [1.54, 1.807) is 21.3 Å². The predicted octanol–water partition coefficient (Wildman–Crippen LogP) is 11.3. The van der Waals surface area contributed by atoms with Crippen LogP contribution in [0.3, 0.4) is 0 Å². The van der Waals surface area contributed by atoms with Gasteiger partial charge in [0.15, 0.2) is 34.5 Å². The van der Waals surface area contributed by atoms with Gasteiger partial charge in [-0.15, -0.1) is 0 Å². The average molecular weight is 805 g/mol. The molecule has 6 aromatic rings. The van der Waals surface area contributed by atoms with Crippen LogP contribution >= 0.6 is 0 Å². The molecule has 6 bridgehead atoms. The van der Waals surface area contributed by atoms with E-state index in [2.05, 4.69) is 128 Å². The van der Waals surface area contributed by atoms with Gasteiger partial charge in [-0.1, -0.05) is 92.2 Å². The molecule has 8 nitrogen and oxygen atoms in total. The summed E-state index contributed by atoms with van der Waals surface area (Å²) in [6.07, 6.45) is 4.08. The van der Waals surface area contributed by atoms with E-state index >= 15 is 0 Å². The van der Waals surface area contributed by atoms with Crippen molar-refractivity contribution < 1.29 is 28.4 Å². The van der Waals surface area contributed by atoms with Crippen LogP contribution < -0.4 is 28.4 Å².